The van der Waals surface area contributed by atoms with Gasteiger partial charge in [0, 0.05) is 16.8 Å². The largest absolute Gasteiger partial charge is 0.483 e. The highest BCUT2D eigenvalue weighted by atomic mass is 35.5. The first-order valence-corrected chi connectivity index (χ1v) is 8.34. The van der Waals surface area contributed by atoms with Gasteiger partial charge < -0.3 is 10.1 Å². The lowest BCUT2D eigenvalue weighted by molar-refractivity contribution is -0.118. The van der Waals surface area contributed by atoms with Crippen molar-refractivity contribution in [1.82, 2.24) is 9.78 Å². The maximum atomic E-state index is 13.8. The van der Waals surface area contributed by atoms with Gasteiger partial charge in [0.2, 0.25) is 0 Å². The van der Waals surface area contributed by atoms with E-state index in [9.17, 15) is 9.18 Å². The lowest BCUT2D eigenvalue weighted by Crippen LogP contribution is -2.20. The number of ether oxygens (including phenoxy) is 1. The number of nitrogens with one attached hydrogen (secondary N) is 1. The Morgan fingerprint density at radius 3 is 2.85 bits per heavy atom. The Hall–Kier alpha value is -2.86. The predicted octanol–water partition coefficient (Wildman–Crippen LogP) is 4.05. The second-order valence-corrected chi connectivity index (χ2v) is 6.14. The van der Waals surface area contributed by atoms with Gasteiger partial charge in [0.25, 0.3) is 5.91 Å². The van der Waals surface area contributed by atoms with E-state index in [2.05, 4.69) is 10.4 Å². The summed E-state index contributed by atoms with van der Waals surface area (Å²) in [5, 5.41) is 7.14. The van der Waals surface area contributed by atoms with Gasteiger partial charge in [-0.15, -0.1) is 0 Å². The lowest BCUT2D eigenvalue weighted by Gasteiger charge is -2.08. The number of hydrogen-bond acceptors (Lipinski definition) is 3. The molecule has 1 aromatic heterocycles. The molecule has 0 unspecified atom stereocenters. The summed E-state index contributed by atoms with van der Waals surface area (Å²) in [6.45, 7) is 1.96. The zero-order valence-electron chi connectivity index (χ0n) is 14.1. The number of nitrogens with zero attached hydrogens (tertiary/aromatic N) is 2. The molecular weight excluding hydrogens is 357 g/mol. The van der Waals surface area contributed by atoms with E-state index in [-0.39, 0.29) is 19.1 Å². The third-order valence-corrected chi connectivity index (χ3v) is 4.11. The molecule has 0 saturated carbocycles. The molecule has 0 aliphatic rings. The maximum Gasteiger partial charge on any atom is 0.262 e. The van der Waals surface area contributed by atoms with Crippen LogP contribution in [0.5, 0.6) is 5.75 Å². The van der Waals surface area contributed by atoms with Crippen LogP contribution >= 0.6 is 11.6 Å². The first-order chi connectivity index (χ1) is 12.5. The van der Waals surface area contributed by atoms with Crippen molar-refractivity contribution in [2.45, 2.75) is 13.5 Å². The highest BCUT2D eigenvalue weighted by molar-refractivity contribution is 6.31. The molecule has 0 aliphatic heterocycles. The molecule has 3 aromatic rings. The van der Waals surface area contributed by atoms with Crippen LogP contribution < -0.4 is 10.1 Å². The number of amides is 1. The lowest BCUT2D eigenvalue weighted by atomic mass is 10.2. The van der Waals surface area contributed by atoms with E-state index < -0.39 is 5.82 Å². The van der Waals surface area contributed by atoms with Crippen LogP contribution in [0.25, 0.3) is 0 Å². The molecule has 0 saturated heterocycles. The van der Waals surface area contributed by atoms with E-state index in [0.29, 0.717) is 22.0 Å². The molecule has 3 rings (SSSR count). The summed E-state index contributed by atoms with van der Waals surface area (Å²) in [7, 11) is 0. The summed E-state index contributed by atoms with van der Waals surface area (Å²) >= 11 is 6.02. The molecule has 2 aromatic carbocycles. The summed E-state index contributed by atoms with van der Waals surface area (Å²) in [5.74, 6) is -0.0468. The molecule has 0 spiro atoms. The zero-order valence-corrected chi connectivity index (χ0v) is 14.8. The van der Waals surface area contributed by atoms with Gasteiger partial charge in [-0.3, -0.25) is 9.48 Å². The van der Waals surface area contributed by atoms with E-state index in [1.807, 2.05) is 25.1 Å². The standard InChI is InChI=1S/C19H17ClFN3O2/c1-13-5-2-3-8-18(13)26-12-19(25)23-14-9-22-24(10-14)11-15-16(20)6-4-7-17(15)21/h2-10H,11-12H2,1H3,(H,23,25). The third-order valence-electron chi connectivity index (χ3n) is 3.75. The average molecular weight is 374 g/mol. The van der Waals surface area contributed by atoms with Crippen LogP contribution in [0.1, 0.15) is 11.1 Å². The smallest absolute Gasteiger partial charge is 0.262 e. The van der Waals surface area contributed by atoms with Gasteiger partial charge in [-0.05, 0) is 30.7 Å². The maximum absolute atomic E-state index is 13.8. The molecule has 134 valence electrons. The van der Waals surface area contributed by atoms with E-state index >= 15 is 0 Å². The van der Waals surface area contributed by atoms with Gasteiger partial charge in [-0.1, -0.05) is 35.9 Å². The van der Waals surface area contributed by atoms with Crippen LogP contribution in [-0.2, 0) is 11.3 Å². The Bertz CT molecular complexity index is 906. The quantitative estimate of drug-likeness (QED) is 0.709. The molecule has 5 nitrogen and oxygen atoms in total. The third kappa shape index (κ3) is 4.40. The van der Waals surface area contributed by atoms with Crippen molar-refractivity contribution < 1.29 is 13.9 Å². The van der Waals surface area contributed by atoms with E-state index in [1.165, 1.54) is 16.9 Å². The predicted molar refractivity (Wildman–Crippen MR) is 98.0 cm³/mol. The van der Waals surface area contributed by atoms with E-state index in [4.69, 9.17) is 16.3 Å². The summed E-state index contributed by atoms with van der Waals surface area (Å²) in [4.78, 5) is 12.0. The summed E-state index contributed by atoms with van der Waals surface area (Å²) in [5.41, 5.74) is 1.80. The average Bonchev–Trinajstić information content (AvgIpc) is 3.04. The molecule has 7 heteroatoms. The van der Waals surface area contributed by atoms with Gasteiger partial charge in [-0.25, -0.2) is 4.39 Å². The molecule has 0 radical (unpaired) electrons. The number of carbonyl (C=O) groups is 1. The van der Waals surface area contributed by atoms with Gasteiger partial charge in [0.15, 0.2) is 6.61 Å². The van der Waals surface area contributed by atoms with Crippen molar-refractivity contribution >= 4 is 23.2 Å². The Morgan fingerprint density at radius 2 is 2.08 bits per heavy atom. The van der Waals surface area contributed by atoms with Gasteiger partial charge in [0.05, 0.1) is 18.4 Å². The molecule has 1 amide bonds. The molecule has 0 aliphatic carbocycles. The molecular formula is C19H17ClFN3O2. The zero-order chi connectivity index (χ0) is 18.5. The number of carbonyl (C=O) groups excluding carboxylic acids is 1. The minimum Gasteiger partial charge on any atom is -0.483 e. The molecule has 0 fully saturated rings. The fourth-order valence-corrected chi connectivity index (χ4v) is 2.64. The second kappa shape index (κ2) is 8.01. The number of anilines is 1. The molecule has 0 bridgehead atoms. The molecule has 0 atom stereocenters. The van der Waals surface area contributed by atoms with Crippen LogP contribution in [-0.4, -0.2) is 22.3 Å². The highest BCUT2D eigenvalue weighted by Crippen LogP contribution is 2.20. The van der Waals surface area contributed by atoms with Crippen molar-refractivity contribution in [3.8, 4) is 5.75 Å². The number of para-hydroxylation sites is 1. The van der Waals surface area contributed by atoms with Crippen LogP contribution in [0, 0.1) is 12.7 Å². The van der Waals surface area contributed by atoms with Crippen LogP contribution in [0.4, 0.5) is 10.1 Å². The number of rotatable bonds is 6. The first kappa shape index (κ1) is 17.9. The molecule has 1 N–H and O–H groups in total. The summed E-state index contributed by atoms with van der Waals surface area (Å²) in [6.07, 6.45) is 3.09. The van der Waals surface area contributed by atoms with E-state index in [0.717, 1.165) is 5.56 Å². The van der Waals surface area contributed by atoms with Crippen LogP contribution in [0.3, 0.4) is 0 Å². The van der Waals surface area contributed by atoms with Gasteiger partial charge >= 0.3 is 0 Å². The topological polar surface area (TPSA) is 56.1 Å². The first-order valence-electron chi connectivity index (χ1n) is 7.96. The highest BCUT2D eigenvalue weighted by Gasteiger charge is 2.10. The van der Waals surface area contributed by atoms with Gasteiger partial charge in [-0.2, -0.15) is 5.10 Å². The van der Waals surface area contributed by atoms with Crippen molar-refractivity contribution in [2.75, 3.05) is 11.9 Å². The summed E-state index contributed by atoms with van der Waals surface area (Å²) in [6, 6.07) is 12.0. The van der Waals surface area contributed by atoms with Crippen molar-refractivity contribution in [1.29, 1.82) is 0 Å². The minimum atomic E-state index is -0.398. The number of halogens is 2. The van der Waals surface area contributed by atoms with Gasteiger partial charge in [0.1, 0.15) is 11.6 Å². The Labute approximate surface area is 155 Å². The fourth-order valence-electron chi connectivity index (χ4n) is 2.42. The fraction of sp³-hybridized carbons (Fsp3) is 0.158. The normalized spacial score (nSPS) is 10.6. The minimum absolute atomic E-state index is 0.116. The number of aromatic nitrogens is 2. The SMILES string of the molecule is Cc1ccccc1OCC(=O)Nc1cnn(Cc2c(F)cccc2Cl)c1. The number of aryl methyl sites for hydroxylation is 1. The van der Waals surface area contributed by atoms with Crippen LogP contribution in [0.2, 0.25) is 5.02 Å². The molecule has 1 heterocycles. The number of hydrogen-bond donors (Lipinski definition) is 1. The Morgan fingerprint density at radius 1 is 1.27 bits per heavy atom. The van der Waals surface area contributed by atoms with Crippen molar-refractivity contribution in [2.24, 2.45) is 0 Å². The number of benzene rings is 2. The Kier molecular flexibility index (Phi) is 5.53. The van der Waals surface area contributed by atoms with E-state index in [1.54, 1.807) is 24.4 Å². The van der Waals surface area contributed by atoms with Crippen LogP contribution in [0.15, 0.2) is 54.9 Å². The van der Waals surface area contributed by atoms with Crippen molar-refractivity contribution in [3.63, 3.8) is 0 Å². The molecule has 26 heavy (non-hydrogen) atoms. The second-order valence-electron chi connectivity index (χ2n) is 5.73. The monoisotopic (exact) mass is 373 g/mol. The Balaban J connectivity index is 1.58. The summed E-state index contributed by atoms with van der Waals surface area (Å²) < 4.78 is 20.8. The van der Waals surface area contributed by atoms with Crippen molar-refractivity contribution in [3.05, 3.63) is 76.8 Å².